The highest BCUT2D eigenvalue weighted by Crippen LogP contribution is 2.31. The van der Waals surface area contributed by atoms with Gasteiger partial charge >= 0.3 is 0 Å². The van der Waals surface area contributed by atoms with Crippen LogP contribution < -0.4 is 15.0 Å². The molecule has 1 N–H and O–H groups in total. The fourth-order valence-corrected chi connectivity index (χ4v) is 5.42. The summed E-state index contributed by atoms with van der Waals surface area (Å²) in [5.74, 6) is -0.111. The van der Waals surface area contributed by atoms with E-state index in [4.69, 9.17) is 9.47 Å². The first-order chi connectivity index (χ1) is 17.4. The topological polar surface area (TPSA) is 113 Å². The van der Waals surface area contributed by atoms with Crippen LogP contribution >= 0.6 is 0 Å². The molecule has 9 nitrogen and oxygen atoms in total. The molecular formula is C25H24FN3O6S. The number of halogens is 1. The van der Waals surface area contributed by atoms with E-state index in [-0.39, 0.29) is 22.5 Å². The summed E-state index contributed by atoms with van der Waals surface area (Å²) >= 11 is 0. The Morgan fingerprint density at radius 1 is 1.17 bits per heavy atom. The van der Waals surface area contributed by atoms with Crippen LogP contribution in [0.4, 0.5) is 10.2 Å². The van der Waals surface area contributed by atoms with Crippen LogP contribution in [0.2, 0.25) is 0 Å². The number of nitrogens with one attached hydrogen (secondary N) is 1. The van der Waals surface area contributed by atoms with E-state index in [1.807, 2.05) is 0 Å². The Hall–Kier alpha value is -3.70. The molecular weight excluding hydrogens is 489 g/mol. The van der Waals surface area contributed by atoms with Crippen LogP contribution in [0, 0.1) is 5.82 Å². The zero-order valence-electron chi connectivity index (χ0n) is 19.4. The Morgan fingerprint density at radius 2 is 2.03 bits per heavy atom. The highest BCUT2D eigenvalue weighted by atomic mass is 32.2. The summed E-state index contributed by atoms with van der Waals surface area (Å²) in [5, 5.41) is 4.02. The van der Waals surface area contributed by atoms with E-state index >= 15 is 4.39 Å². The lowest BCUT2D eigenvalue weighted by Crippen LogP contribution is -2.22. The second-order valence-corrected chi connectivity index (χ2v) is 10.2. The fraction of sp³-hybridized carbons (Fsp3) is 0.280. The predicted molar refractivity (Wildman–Crippen MR) is 131 cm³/mol. The summed E-state index contributed by atoms with van der Waals surface area (Å²) in [4.78, 5) is 12.9. The third-order valence-corrected chi connectivity index (χ3v) is 7.52. The van der Waals surface area contributed by atoms with Crippen molar-refractivity contribution in [1.29, 1.82) is 0 Å². The van der Waals surface area contributed by atoms with Crippen molar-refractivity contribution in [2.24, 2.45) is 0 Å². The summed E-state index contributed by atoms with van der Waals surface area (Å²) in [5.41, 5.74) is 0.641. The van der Waals surface area contributed by atoms with E-state index in [0.29, 0.717) is 35.2 Å². The van der Waals surface area contributed by atoms with E-state index in [2.05, 4.69) is 14.4 Å². The van der Waals surface area contributed by atoms with E-state index in [1.165, 1.54) is 60.4 Å². The quantitative estimate of drug-likeness (QED) is 0.397. The summed E-state index contributed by atoms with van der Waals surface area (Å²) in [6, 6.07) is 11.3. The van der Waals surface area contributed by atoms with Gasteiger partial charge in [-0.25, -0.2) is 12.8 Å². The van der Waals surface area contributed by atoms with E-state index in [0.717, 1.165) is 19.3 Å². The average molecular weight is 514 g/mol. The van der Waals surface area contributed by atoms with Crippen molar-refractivity contribution in [2.75, 3.05) is 18.4 Å². The van der Waals surface area contributed by atoms with Gasteiger partial charge in [0.1, 0.15) is 17.8 Å². The summed E-state index contributed by atoms with van der Waals surface area (Å²) < 4.78 is 60.3. The lowest BCUT2D eigenvalue weighted by atomic mass is 10.00. The van der Waals surface area contributed by atoms with Crippen molar-refractivity contribution in [3.8, 4) is 11.4 Å². The Kier molecular flexibility index (Phi) is 6.50. The maximum absolute atomic E-state index is 15.2. The number of ether oxygens (including phenoxy) is 2. The Morgan fingerprint density at radius 3 is 2.75 bits per heavy atom. The molecule has 3 heterocycles. The first-order valence-corrected chi connectivity index (χ1v) is 12.9. The molecule has 0 unspecified atom stereocenters. The second kappa shape index (κ2) is 9.75. The van der Waals surface area contributed by atoms with Gasteiger partial charge in [-0.15, -0.1) is 0 Å². The van der Waals surface area contributed by atoms with E-state index < -0.39 is 21.4 Å². The van der Waals surface area contributed by atoms with Gasteiger partial charge in [0.2, 0.25) is 0 Å². The molecule has 0 amide bonds. The van der Waals surface area contributed by atoms with Crippen LogP contribution in [0.15, 0.2) is 69.0 Å². The maximum Gasteiger partial charge on any atom is 0.263 e. The first-order valence-electron chi connectivity index (χ1n) is 11.4. The van der Waals surface area contributed by atoms with Gasteiger partial charge in [-0.3, -0.25) is 14.1 Å². The molecule has 4 aromatic rings. The van der Waals surface area contributed by atoms with Gasteiger partial charge < -0.3 is 14.0 Å². The summed E-state index contributed by atoms with van der Waals surface area (Å²) in [6.45, 7) is 0.665. The van der Waals surface area contributed by atoms with Gasteiger partial charge in [0.05, 0.1) is 29.3 Å². The number of sulfonamides is 1. The largest absolute Gasteiger partial charge is 0.495 e. The Balaban J connectivity index is 1.56. The smallest absolute Gasteiger partial charge is 0.263 e. The van der Waals surface area contributed by atoms with Crippen LogP contribution in [0.5, 0.6) is 5.75 Å². The molecule has 1 fully saturated rings. The summed E-state index contributed by atoms with van der Waals surface area (Å²) in [7, 11) is -2.51. The van der Waals surface area contributed by atoms with Crippen molar-refractivity contribution >= 4 is 26.7 Å². The van der Waals surface area contributed by atoms with Crippen molar-refractivity contribution in [3.63, 3.8) is 0 Å². The number of anilines is 1. The molecule has 36 heavy (non-hydrogen) atoms. The lowest BCUT2D eigenvalue weighted by Gasteiger charge is -2.23. The number of rotatable bonds is 7. The SMILES string of the molecule is COc1cc(C[C@@H]2CCCCO2)c(F)cc1-n1c(=O)ccc2cc(S(=O)(=O)Nc3ccon3)ccc21. The second-order valence-electron chi connectivity index (χ2n) is 8.53. The molecule has 0 aliphatic carbocycles. The molecule has 0 saturated carbocycles. The lowest BCUT2D eigenvalue weighted by molar-refractivity contribution is 0.0163. The fourth-order valence-electron chi connectivity index (χ4n) is 4.39. The average Bonchev–Trinajstić information content (AvgIpc) is 3.38. The standard InChI is InChI=1S/C25H24FN3O6S/c1-33-23-14-17(12-18-4-2-3-10-34-18)20(26)15-22(23)29-21-7-6-19(13-16(21)5-8-25(29)30)36(31,32)28-24-9-11-35-27-24/h5-9,11,13-15,18H,2-4,10,12H2,1H3,(H,27,28)/t18-/m0/s1. The number of hydrogen-bond acceptors (Lipinski definition) is 7. The van der Waals surface area contributed by atoms with Crippen molar-refractivity contribution < 1.29 is 26.8 Å². The minimum Gasteiger partial charge on any atom is -0.495 e. The zero-order valence-corrected chi connectivity index (χ0v) is 20.3. The normalized spacial score (nSPS) is 16.2. The van der Waals surface area contributed by atoms with Gasteiger partial charge in [-0.2, -0.15) is 0 Å². The van der Waals surface area contributed by atoms with Gasteiger partial charge in [0.25, 0.3) is 15.6 Å². The number of aromatic nitrogens is 2. The van der Waals surface area contributed by atoms with Gasteiger partial charge in [-0.1, -0.05) is 5.16 Å². The van der Waals surface area contributed by atoms with Gasteiger partial charge in [0, 0.05) is 36.6 Å². The van der Waals surface area contributed by atoms with Gasteiger partial charge in [-0.05, 0) is 55.2 Å². The first kappa shape index (κ1) is 24.0. The van der Waals surface area contributed by atoms with Crippen LogP contribution in [-0.2, 0) is 21.2 Å². The predicted octanol–water partition coefficient (Wildman–Crippen LogP) is 4.04. The minimum atomic E-state index is -3.96. The number of nitrogens with zero attached hydrogens (tertiary/aromatic N) is 2. The molecule has 1 aliphatic heterocycles. The number of pyridine rings is 1. The Labute approximate surface area is 206 Å². The van der Waals surface area contributed by atoms with Crippen LogP contribution in [0.1, 0.15) is 24.8 Å². The van der Waals surface area contributed by atoms with Crippen molar-refractivity contribution in [2.45, 2.75) is 36.7 Å². The third-order valence-electron chi connectivity index (χ3n) is 6.16. The van der Waals surface area contributed by atoms with Crippen LogP contribution in [0.25, 0.3) is 16.6 Å². The molecule has 1 atom stereocenters. The van der Waals surface area contributed by atoms with Crippen molar-refractivity contribution in [1.82, 2.24) is 9.72 Å². The highest BCUT2D eigenvalue weighted by Gasteiger charge is 2.21. The summed E-state index contributed by atoms with van der Waals surface area (Å²) in [6.07, 6.45) is 4.51. The molecule has 188 valence electrons. The van der Waals surface area contributed by atoms with Crippen LogP contribution in [0.3, 0.4) is 0 Å². The zero-order chi connectivity index (χ0) is 25.3. The molecule has 1 aliphatic rings. The number of hydrogen-bond donors (Lipinski definition) is 1. The minimum absolute atomic E-state index is 0.0378. The molecule has 11 heteroatoms. The molecule has 5 rings (SSSR count). The number of fused-ring (bicyclic) bond motifs is 1. The molecule has 0 bridgehead atoms. The molecule has 0 spiro atoms. The number of benzene rings is 2. The molecule has 1 saturated heterocycles. The number of methoxy groups -OCH3 is 1. The molecule has 0 radical (unpaired) electrons. The molecule has 2 aromatic carbocycles. The van der Waals surface area contributed by atoms with E-state index in [9.17, 15) is 13.2 Å². The van der Waals surface area contributed by atoms with E-state index in [1.54, 1.807) is 6.07 Å². The maximum atomic E-state index is 15.2. The van der Waals surface area contributed by atoms with Crippen molar-refractivity contribution in [3.05, 3.63) is 76.5 Å². The third kappa shape index (κ3) is 4.71. The molecule has 2 aromatic heterocycles. The Bertz CT molecular complexity index is 1560. The monoisotopic (exact) mass is 513 g/mol. The highest BCUT2D eigenvalue weighted by molar-refractivity contribution is 7.92. The van der Waals surface area contributed by atoms with Gasteiger partial charge in [0.15, 0.2) is 5.82 Å². The van der Waals surface area contributed by atoms with Crippen LogP contribution in [-0.4, -0.2) is 38.0 Å².